The van der Waals surface area contributed by atoms with E-state index in [1.807, 2.05) is 37.8 Å². The zero-order valence-electron chi connectivity index (χ0n) is 23.2. The van der Waals surface area contributed by atoms with E-state index in [2.05, 4.69) is 29.7 Å². The summed E-state index contributed by atoms with van der Waals surface area (Å²) in [5, 5.41) is 5.20. The highest BCUT2D eigenvalue weighted by Crippen LogP contribution is 2.35. The summed E-state index contributed by atoms with van der Waals surface area (Å²) in [6.45, 7) is 11.9. The number of benzene rings is 1. The van der Waals surface area contributed by atoms with Gasteiger partial charge in [0.15, 0.2) is 0 Å². The molecular weight excluding hydrogens is 563 g/mol. The van der Waals surface area contributed by atoms with Gasteiger partial charge < -0.3 is 19.4 Å². The van der Waals surface area contributed by atoms with Crippen molar-refractivity contribution in [3.05, 3.63) is 34.7 Å². The van der Waals surface area contributed by atoms with E-state index in [4.69, 9.17) is 16.3 Å². The molecule has 41 heavy (non-hydrogen) atoms. The first kappa shape index (κ1) is 29.2. The second kappa shape index (κ2) is 11.9. The summed E-state index contributed by atoms with van der Waals surface area (Å²) in [6, 6.07) is 3.80. The van der Waals surface area contributed by atoms with Crippen molar-refractivity contribution in [3.8, 4) is 5.75 Å². The van der Waals surface area contributed by atoms with Crippen LogP contribution in [0.5, 0.6) is 5.75 Å². The van der Waals surface area contributed by atoms with Gasteiger partial charge in [-0.25, -0.2) is 14.8 Å². The molecular formula is C27H33ClF3N7O3. The van der Waals surface area contributed by atoms with Gasteiger partial charge in [0.2, 0.25) is 5.65 Å². The van der Waals surface area contributed by atoms with Gasteiger partial charge in [-0.2, -0.15) is 13.2 Å². The summed E-state index contributed by atoms with van der Waals surface area (Å²) < 4.78 is 44.8. The monoisotopic (exact) mass is 595 g/mol. The van der Waals surface area contributed by atoms with E-state index in [1.54, 1.807) is 0 Å². The summed E-state index contributed by atoms with van der Waals surface area (Å²) in [5.41, 5.74) is 2.45. The third-order valence-corrected chi connectivity index (χ3v) is 7.69. The Morgan fingerprint density at radius 3 is 2.39 bits per heavy atom. The Morgan fingerprint density at radius 1 is 1.05 bits per heavy atom. The number of likely N-dealkylation sites (tertiary alicyclic amines) is 1. The zero-order chi connectivity index (χ0) is 29.3. The second-order valence-corrected chi connectivity index (χ2v) is 11.0. The molecule has 2 aromatic heterocycles. The number of anilines is 2. The molecule has 3 aromatic rings. The molecule has 222 valence electrons. The molecule has 0 radical (unpaired) electrons. The maximum atomic E-state index is 12.9. The lowest BCUT2D eigenvalue weighted by Crippen LogP contribution is -2.47. The topological polar surface area (TPSA) is 88.8 Å². The lowest BCUT2D eigenvalue weighted by Gasteiger charge is -2.38. The molecule has 0 N–H and O–H groups in total. The summed E-state index contributed by atoms with van der Waals surface area (Å²) in [7, 11) is 0. The predicted octanol–water partition coefficient (Wildman–Crippen LogP) is 4.23. The SMILES string of the molecule is Cc1c(OCCN2CCCC2)cc(Cl)cc1N1CCN(c2ncnc3c2c(C(C)C)nn3OC(=O)C(F)(F)F)CC1. The number of piperazine rings is 1. The van der Waals surface area contributed by atoms with Gasteiger partial charge in [-0.05, 0) is 50.9 Å². The normalized spacial score (nSPS) is 16.7. The number of ether oxygens (including phenoxy) is 1. The standard InChI is InChI=1S/C27H33ClF3N7O3/c1-17(2)23-22-24(32-16-33-25(22)38(34-23)41-26(39)27(29,30)31)37-10-8-36(9-11-37)20-14-19(28)15-21(18(20)3)40-13-12-35-6-4-5-7-35/h14-17H,4-13H2,1-3H3. The van der Waals surface area contributed by atoms with Crippen LogP contribution in [0.15, 0.2) is 18.5 Å². The van der Waals surface area contributed by atoms with Gasteiger partial charge in [0, 0.05) is 49.0 Å². The molecule has 2 aliphatic heterocycles. The molecule has 2 saturated heterocycles. The first-order chi connectivity index (χ1) is 19.5. The van der Waals surface area contributed by atoms with E-state index in [0.717, 1.165) is 36.6 Å². The quantitative estimate of drug-likeness (QED) is 0.380. The number of nitrogens with zero attached hydrogens (tertiary/aromatic N) is 7. The van der Waals surface area contributed by atoms with Crippen molar-refractivity contribution < 1.29 is 27.5 Å². The lowest BCUT2D eigenvalue weighted by atomic mass is 10.1. The lowest BCUT2D eigenvalue weighted by molar-refractivity contribution is -0.200. The number of rotatable bonds is 8. The smallest absolute Gasteiger partial charge is 0.492 e. The van der Waals surface area contributed by atoms with Crippen molar-refractivity contribution >= 4 is 40.1 Å². The van der Waals surface area contributed by atoms with Gasteiger partial charge >= 0.3 is 12.1 Å². The van der Waals surface area contributed by atoms with Crippen LogP contribution in [0, 0.1) is 6.92 Å². The van der Waals surface area contributed by atoms with Crippen LogP contribution in [-0.4, -0.2) is 89.4 Å². The molecule has 0 spiro atoms. The molecule has 0 aliphatic carbocycles. The average Bonchev–Trinajstić information content (AvgIpc) is 3.58. The highest BCUT2D eigenvalue weighted by Gasteiger charge is 2.43. The number of hydrogen-bond acceptors (Lipinski definition) is 9. The molecule has 0 amide bonds. The van der Waals surface area contributed by atoms with Gasteiger partial charge in [0.25, 0.3) is 0 Å². The van der Waals surface area contributed by atoms with Crippen molar-refractivity contribution in [2.75, 3.05) is 62.2 Å². The molecule has 0 unspecified atom stereocenters. The van der Waals surface area contributed by atoms with Crippen LogP contribution in [-0.2, 0) is 4.79 Å². The van der Waals surface area contributed by atoms with E-state index in [1.165, 1.54) is 19.2 Å². The van der Waals surface area contributed by atoms with Crippen molar-refractivity contribution in [3.63, 3.8) is 0 Å². The molecule has 0 saturated carbocycles. The highest BCUT2D eigenvalue weighted by atomic mass is 35.5. The van der Waals surface area contributed by atoms with E-state index in [-0.39, 0.29) is 11.6 Å². The van der Waals surface area contributed by atoms with Gasteiger partial charge in [0.1, 0.15) is 24.5 Å². The highest BCUT2D eigenvalue weighted by molar-refractivity contribution is 6.31. The van der Waals surface area contributed by atoms with Crippen LogP contribution in [0.1, 0.15) is 43.9 Å². The van der Waals surface area contributed by atoms with Gasteiger partial charge in [-0.3, -0.25) is 4.90 Å². The summed E-state index contributed by atoms with van der Waals surface area (Å²) in [6.07, 6.45) is -1.46. The molecule has 0 atom stereocenters. The van der Waals surface area contributed by atoms with Crippen LogP contribution in [0.2, 0.25) is 5.02 Å². The summed E-state index contributed by atoms with van der Waals surface area (Å²) >= 11 is 6.49. The number of fused-ring (bicyclic) bond motifs is 1. The Morgan fingerprint density at radius 2 is 1.73 bits per heavy atom. The molecule has 2 aliphatic rings. The number of aromatic nitrogens is 4. The van der Waals surface area contributed by atoms with Gasteiger partial charge in [-0.15, -0.1) is 5.10 Å². The summed E-state index contributed by atoms with van der Waals surface area (Å²) in [4.78, 5) is 31.8. The van der Waals surface area contributed by atoms with E-state index in [0.29, 0.717) is 59.6 Å². The van der Waals surface area contributed by atoms with Crippen molar-refractivity contribution in [2.45, 2.75) is 45.7 Å². The number of hydrogen-bond donors (Lipinski definition) is 0. The predicted molar refractivity (Wildman–Crippen MR) is 149 cm³/mol. The Kier molecular flexibility index (Phi) is 8.46. The maximum absolute atomic E-state index is 12.9. The fraction of sp³-hybridized carbons (Fsp3) is 0.556. The minimum absolute atomic E-state index is 0.000126. The first-order valence-electron chi connectivity index (χ1n) is 13.7. The fourth-order valence-corrected chi connectivity index (χ4v) is 5.55. The van der Waals surface area contributed by atoms with Crippen molar-refractivity contribution in [1.82, 2.24) is 24.8 Å². The Balaban J connectivity index is 1.33. The molecule has 10 nitrogen and oxygen atoms in total. The van der Waals surface area contributed by atoms with Crippen LogP contribution in [0.4, 0.5) is 24.7 Å². The second-order valence-electron chi connectivity index (χ2n) is 10.6. The van der Waals surface area contributed by atoms with Crippen molar-refractivity contribution in [2.24, 2.45) is 0 Å². The van der Waals surface area contributed by atoms with Gasteiger partial charge in [-0.1, -0.05) is 30.3 Å². The molecule has 1 aromatic carbocycles. The molecule has 0 bridgehead atoms. The number of carbonyl (C=O) groups is 1. The third kappa shape index (κ3) is 6.30. The largest absolute Gasteiger partial charge is 0.493 e. The van der Waals surface area contributed by atoms with E-state index in [9.17, 15) is 18.0 Å². The van der Waals surface area contributed by atoms with Crippen LogP contribution in [0.3, 0.4) is 0 Å². The molecule has 4 heterocycles. The van der Waals surface area contributed by atoms with Gasteiger partial charge in [0.05, 0.1) is 11.1 Å². The molecule has 2 fully saturated rings. The zero-order valence-corrected chi connectivity index (χ0v) is 24.0. The Labute approximate surface area is 240 Å². The van der Waals surface area contributed by atoms with Crippen LogP contribution in [0.25, 0.3) is 11.0 Å². The van der Waals surface area contributed by atoms with Crippen molar-refractivity contribution in [1.29, 1.82) is 0 Å². The van der Waals surface area contributed by atoms with E-state index < -0.39 is 12.1 Å². The fourth-order valence-electron chi connectivity index (χ4n) is 5.34. The Bertz CT molecular complexity index is 1400. The van der Waals surface area contributed by atoms with Crippen LogP contribution < -0.4 is 19.4 Å². The average molecular weight is 596 g/mol. The first-order valence-corrected chi connectivity index (χ1v) is 14.1. The Hall–Kier alpha value is -3.32. The number of halogens is 4. The van der Waals surface area contributed by atoms with Crippen LogP contribution >= 0.6 is 11.6 Å². The third-order valence-electron chi connectivity index (χ3n) is 7.47. The van der Waals surface area contributed by atoms with E-state index >= 15 is 0 Å². The number of alkyl halides is 3. The maximum Gasteiger partial charge on any atom is 0.493 e. The summed E-state index contributed by atoms with van der Waals surface area (Å²) in [5.74, 6) is -1.26. The molecule has 5 rings (SSSR count). The minimum Gasteiger partial charge on any atom is -0.492 e. The number of carbonyl (C=O) groups excluding carboxylic acids is 1. The molecule has 14 heteroatoms. The minimum atomic E-state index is -5.17.